The fraction of sp³-hybridized carbons (Fsp3) is 0.324. The van der Waals surface area contributed by atoms with Crippen molar-refractivity contribution < 1.29 is 14.3 Å². The molecule has 39 heavy (non-hydrogen) atoms. The second-order valence-electron chi connectivity index (χ2n) is 9.98. The highest BCUT2D eigenvalue weighted by Gasteiger charge is 2.04. The monoisotopic (exact) mass is 524 g/mol. The summed E-state index contributed by atoms with van der Waals surface area (Å²) in [5, 5.41) is 5.51. The van der Waals surface area contributed by atoms with Gasteiger partial charge in [0.25, 0.3) is 0 Å². The number of carbonyl (C=O) groups excluding carboxylic acids is 1. The van der Waals surface area contributed by atoms with Gasteiger partial charge in [-0.3, -0.25) is 0 Å². The first kappa shape index (κ1) is 28.2. The van der Waals surface area contributed by atoms with Gasteiger partial charge in [-0.15, -0.1) is 0 Å². The maximum absolute atomic E-state index is 11.8. The Hall–Kier alpha value is -3.83. The number of rotatable bonds is 15. The molecule has 0 spiro atoms. The molecule has 0 heterocycles. The molecule has 1 N–H and O–H groups in total. The van der Waals surface area contributed by atoms with Crippen LogP contribution in [0.25, 0.3) is 10.8 Å². The summed E-state index contributed by atoms with van der Waals surface area (Å²) in [5.41, 5.74) is 3.69. The predicted octanol–water partition coefficient (Wildman–Crippen LogP) is 7.03. The molecule has 4 aromatic rings. The number of benzene rings is 4. The molecular weight excluding hydrogens is 484 g/mol. The zero-order valence-electron chi connectivity index (χ0n) is 23.0. The Morgan fingerprint density at radius 1 is 0.744 bits per heavy atom. The van der Waals surface area contributed by atoms with Crippen molar-refractivity contribution in [3.63, 3.8) is 0 Å². The number of carbonyl (C=O) groups is 1. The summed E-state index contributed by atoms with van der Waals surface area (Å²) in [6.45, 7) is 3.53. The molecule has 204 valence electrons. The highest BCUT2D eigenvalue weighted by atomic mass is 16.5. The molecular formula is C34H40N2O3. The Kier molecular flexibility index (Phi) is 11.2. The van der Waals surface area contributed by atoms with Crippen molar-refractivity contribution in [1.82, 2.24) is 10.2 Å². The smallest absolute Gasteiger partial charge is 0.407 e. The van der Waals surface area contributed by atoms with Crippen molar-refractivity contribution in [3.8, 4) is 5.75 Å². The molecule has 0 aliphatic carbocycles. The summed E-state index contributed by atoms with van der Waals surface area (Å²) >= 11 is 0. The maximum atomic E-state index is 11.8. The van der Waals surface area contributed by atoms with E-state index in [0.717, 1.165) is 56.5 Å². The average molecular weight is 525 g/mol. The Balaban J connectivity index is 1.04. The van der Waals surface area contributed by atoms with E-state index in [1.807, 2.05) is 30.3 Å². The van der Waals surface area contributed by atoms with Gasteiger partial charge in [0.2, 0.25) is 0 Å². The van der Waals surface area contributed by atoms with Gasteiger partial charge in [-0.25, -0.2) is 4.79 Å². The van der Waals surface area contributed by atoms with E-state index in [1.54, 1.807) is 0 Å². The summed E-state index contributed by atoms with van der Waals surface area (Å²) in [6, 6.07) is 33.3. The second kappa shape index (κ2) is 15.6. The normalized spacial score (nSPS) is 11.0. The molecule has 4 rings (SSSR count). The van der Waals surface area contributed by atoms with E-state index < -0.39 is 0 Å². The van der Waals surface area contributed by atoms with Gasteiger partial charge in [0.15, 0.2) is 0 Å². The van der Waals surface area contributed by atoms with Crippen LogP contribution in [0.5, 0.6) is 5.75 Å². The number of alkyl carbamates (subject to hydrolysis) is 1. The van der Waals surface area contributed by atoms with Crippen LogP contribution in [-0.4, -0.2) is 44.3 Å². The van der Waals surface area contributed by atoms with Crippen molar-refractivity contribution in [2.75, 3.05) is 33.3 Å². The molecule has 0 unspecified atom stereocenters. The van der Waals surface area contributed by atoms with Gasteiger partial charge < -0.3 is 19.7 Å². The van der Waals surface area contributed by atoms with Crippen LogP contribution in [0.3, 0.4) is 0 Å². The largest absolute Gasteiger partial charge is 0.492 e. The van der Waals surface area contributed by atoms with Gasteiger partial charge in [-0.05, 0) is 85.3 Å². The number of ether oxygens (including phenoxy) is 2. The van der Waals surface area contributed by atoms with Crippen LogP contribution in [-0.2, 0) is 24.2 Å². The van der Waals surface area contributed by atoms with Gasteiger partial charge in [0, 0.05) is 13.1 Å². The van der Waals surface area contributed by atoms with Crippen molar-refractivity contribution in [3.05, 3.63) is 114 Å². The summed E-state index contributed by atoms with van der Waals surface area (Å²) in [7, 11) is 2.16. The van der Waals surface area contributed by atoms with Crippen molar-refractivity contribution in [1.29, 1.82) is 0 Å². The summed E-state index contributed by atoms with van der Waals surface area (Å²) in [4.78, 5) is 14.2. The number of unbranched alkanes of at least 4 members (excludes halogenated alkanes) is 1. The molecule has 0 aromatic heterocycles. The van der Waals surface area contributed by atoms with Crippen LogP contribution in [0.4, 0.5) is 4.79 Å². The van der Waals surface area contributed by atoms with E-state index >= 15 is 0 Å². The van der Waals surface area contributed by atoms with E-state index in [-0.39, 0.29) is 6.09 Å². The first-order valence-corrected chi connectivity index (χ1v) is 14.0. The first-order chi connectivity index (χ1) is 19.2. The van der Waals surface area contributed by atoms with Gasteiger partial charge in [0.1, 0.15) is 19.0 Å². The molecule has 0 bridgehead atoms. The molecule has 5 heteroatoms. The standard InChI is InChI=1S/C34H40N2O3/c1-36(24-10-17-31-16-9-15-30-14-5-6-18-33(30)31)25-26-38-32-21-19-28(20-22-32)11-7-8-23-35-34(37)39-27-29-12-3-2-4-13-29/h2-6,9,12-16,18-22H,7-8,10-11,17,23-27H2,1H3,(H,35,37). The van der Waals surface area contributed by atoms with Crippen LogP contribution >= 0.6 is 0 Å². The number of hydrogen-bond donors (Lipinski definition) is 1. The van der Waals surface area contributed by atoms with Crippen LogP contribution in [0.2, 0.25) is 0 Å². The third-order valence-corrected chi connectivity index (χ3v) is 6.91. The SMILES string of the molecule is CN(CCCc1cccc2ccccc12)CCOc1ccc(CCCCNC(=O)OCc2ccccc2)cc1. The molecule has 0 saturated heterocycles. The Bertz CT molecular complexity index is 1270. The van der Waals surface area contributed by atoms with Gasteiger partial charge in [-0.2, -0.15) is 0 Å². The lowest BCUT2D eigenvalue weighted by Gasteiger charge is -2.17. The number of hydrogen-bond acceptors (Lipinski definition) is 4. The highest BCUT2D eigenvalue weighted by molar-refractivity contribution is 5.85. The lowest BCUT2D eigenvalue weighted by atomic mass is 10.0. The van der Waals surface area contributed by atoms with Crippen molar-refractivity contribution in [2.45, 2.75) is 38.7 Å². The van der Waals surface area contributed by atoms with Crippen LogP contribution < -0.4 is 10.1 Å². The van der Waals surface area contributed by atoms with E-state index in [9.17, 15) is 4.79 Å². The number of fused-ring (bicyclic) bond motifs is 1. The zero-order chi connectivity index (χ0) is 27.1. The van der Waals surface area contributed by atoms with Crippen LogP contribution in [0, 0.1) is 0 Å². The van der Waals surface area contributed by atoms with Gasteiger partial charge in [-0.1, -0.05) is 84.9 Å². The first-order valence-electron chi connectivity index (χ1n) is 14.0. The number of nitrogens with one attached hydrogen (secondary N) is 1. The second-order valence-corrected chi connectivity index (χ2v) is 9.98. The Morgan fingerprint density at radius 3 is 2.36 bits per heavy atom. The van der Waals surface area contributed by atoms with E-state index in [1.165, 1.54) is 21.9 Å². The topological polar surface area (TPSA) is 50.8 Å². The number of likely N-dealkylation sites (N-methyl/N-ethyl adjacent to an activating group) is 1. The Morgan fingerprint density at radius 2 is 1.51 bits per heavy atom. The molecule has 5 nitrogen and oxygen atoms in total. The molecule has 1 amide bonds. The molecule has 0 saturated carbocycles. The number of amides is 1. The van der Waals surface area contributed by atoms with Gasteiger partial charge in [0.05, 0.1) is 0 Å². The Labute approximate surface area is 232 Å². The maximum Gasteiger partial charge on any atom is 0.407 e. The number of nitrogens with zero attached hydrogens (tertiary/aromatic N) is 1. The fourth-order valence-corrected chi connectivity index (χ4v) is 4.65. The minimum absolute atomic E-state index is 0.295. The molecule has 0 aliphatic heterocycles. The quantitative estimate of drug-likeness (QED) is 0.170. The molecule has 0 radical (unpaired) electrons. The molecule has 0 fully saturated rings. The minimum Gasteiger partial charge on any atom is -0.492 e. The summed E-state index contributed by atoms with van der Waals surface area (Å²) in [6.07, 6.45) is 4.73. The van der Waals surface area contributed by atoms with Crippen molar-refractivity contribution in [2.24, 2.45) is 0 Å². The lowest BCUT2D eigenvalue weighted by Crippen LogP contribution is -2.25. The van der Waals surface area contributed by atoms with Crippen LogP contribution in [0.1, 0.15) is 36.0 Å². The van der Waals surface area contributed by atoms with Crippen molar-refractivity contribution >= 4 is 16.9 Å². The van der Waals surface area contributed by atoms with E-state index in [2.05, 4.69) is 84.0 Å². The predicted molar refractivity (Wildman–Crippen MR) is 159 cm³/mol. The third-order valence-electron chi connectivity index (χ3n) is 6.91. The van der Waals surface area contributed by atoms with E-state index in [0.29, 0.717) is 19.8 Å². The third kappa shape index (κ3) is 9.77. The minimum atomic E-state index is -0.365. The lowest BCUT2D eigenvalue weighted by molar-refractivity contribution is 0.139. The molecule has 0 atom stereocenters. The average Bonchev–Trinajstić information content (AvgIpc) is 2.97. The number of aryl methyl sites for hydroxylation is 2. The zero-order valence-corrected chi connectivity index (χ0v) is 23.0. The fourth-order valence-electron chi connectivity index (χ4n) is 4.65. The van der Waals surface area contributed by atoms with Crippen LogP contribution in [0.15, 0.2) is 97.1 Å². The highest BCUT2D eigenvalue weighted by Crippen LogP contribution is 2.20. The summed E-state index contributed by atoms with van der Waals surface area (Å²) < 4.78 is 11.2. The summed E-state index contributed by atoms with van der Waals surface area (Å²) in [5.74, 6) is 0.908. The van der Waals surface area contributed by atoms with Gasteiger partial charge >= 0.3 is 6.09 Å². The molecule has 0 aliphatic rings. The van der Waals surface area contributed by atoms with E-state index in [4.69, 9.17) is 9.47 Å². The molecule has 4 aromatic carbocycles.